The number of carbonyl (C=O) groups is 1. The Balaban J connectivity index is 1.77. The molecule has 1 aromatic rings. The van der Waals surface area contributed by atoms with Crippen LogP contribution in [0.2, 0.25) is 0 Å². The normalized spacial score (nSPS) is 23.7. The molecule has 0 radical (unpaired) electrons. The largest absolute Gasteiger partial charge is 0.396 e. The van der Waals surface area contributed by atoms with Crippen molar-refractivity contribution < 1.29 is 4.79 Å². The highest BCUT2D eigenvalue weighted by Gasteiger charge is 2.36. The third-order valence-corrected chi connectivity index (χ3v) is 5.07. The van der Waals surface area contributed by atoms with E-state index >= 15 is 0 Å². The number of nitrogens with two attached hydrogens (primary N) is 1. The number of aromatic nitrogens is 2. The van der Waals surface area contributed by atoms with Crippen molar-refractivity contribution in [1.29, 1.82) is 0 Å². The van der Waals surface area contributed by atoms with Crippen LogP contribution in [0.3, 0.4) is 0 Å². The van der Waals surface area contributed by atoms with E-state index in [-0.39, 0.29) is 5.91 Å². The number of rotatable bonds is 3. The third kappa shape index (κ3) is 2.78. The zero-order chi connectivity index (χ0) is 14.8. The molecule has 0 aromatic carbocycles. The fraction of sp³-hybridized carbons (Fsp3) is 0.750. The van der Waals surface area contributed by atoms with Crippen molar-refractivity contribution in [2.45, 2.75) is 64.5 Å². The molecule has 116 valence electrons. The van der Waals surface area contributed by atoms with Crippen LogP contribution in [0.5, 0.6) is 0 Å². The molecule has 2 heterocycles. The minimum atomic E-state index is 0.0350. The Labute approximate surface area is 126 Å². The van der Waals surface area contributed by atoms with Gasteiger partial charge in [-0.05, 0) is 38.5 Å². The molecule has 1 aliphatic carbocycles. The molecule has 2 fully saturated rings. The number of nitrogen functional groups attached to an aromatic ring is 1. The van der Waals surface area contributed by atoms with Crippen LogP contribution in [-0.2, 0) is 6.54 Å². The Hall–Kier alpha value is -1.52. The van der Waals surface area contributed by atoms with Gasteiger partial charge in [0, 0.05) is 25.3 Å². The number of amides is 1. The first-order valence-electron chi connectivity index (χ1n) is 8.34. The van der Waals surface area contributed by atoms with Gasteiger partial charge in [-0.2, -0.15) is 5.10 Å². The number of carbonyl (C=O) groups excluding carboxylic acids is 1. The van der Waals surface area contributed by atoms with Crippen LogP contribution in [0.1, 0.15) is 62.4 Å². The summed E-state index contributed by atoms with van der Waals surface area (Å²) in [6.45, 7) is 3.60. The SMILES string of the molecule is CCn1cc(N)c(C(=O)N2CCCC2C2CCCCC2)n1. The molecular weight excluding hydrogens is 264 g/mol. The lowest BCUT2D eigenvalue weighted by Gasteiger charge is -2.33. The number of hydrogen-bond acceptors (Lipinski definition) is 3. The molecule has 1 saturated heterocycles. The molecule has 3 rings (SSSR count). The maximum absolute atomic E-state index is 12.8. The van der Waals surface area contributed by atoms with Gasteiger partial charge in [-0.1, -0.05) is 19.3 Å². The molecule has 1 atom stereocenters. The first-order chi connectivity index (χ1) is 10.2. The van der Waals surface area contributed by atoms with Gasteiger partial charge >= 0.3 is 0 Å². The molecule has 21 heavy (non-hydrogen) atoms. The van der Waals surface area contributed by atoms with Gasteiger partial charge in [0.1, 0.15) is 0 Å². The van der Waals surface area contributed by atoms with Crippen molar-refractivity contribution in [3.8, 4) is 0 Å². The first-order valence-corrected chi connectivity index (χ1v) is 8.34. The Kier molecular flexibility index (Phi) is 4.17. The van der Waals surface area contributed by atoms with Gasteiger partial charge in [-0.3, -0.25) is 9.48 Å². The molecule has 1 aliphatic heterocycles. The summed E-state index contributed by atoms with van der Waals surface area (Å²) < 4.78 is 1.74. The van der Waals surface area contributed by atoms with Crippen molar-refractivity contribution in [3.63, 3.8) is 0 Å². The van der Waals surface area contributed by atoms with Gasteiger partial charge in [0.2, 0.25) is 0 Å². The summed E-state index contributed by atoms with van der Waals surface area (Å²) in [6.07, 6.45) is 10.5. The fourth-order valence-electron chi connectivity index (χ4n) is 3.95. The van der Waals surface area contributed by atoms with E-state index in [1.807, 2.05) is 6.92 Å². The van der Waals surface area contributed by atoms with E-state index in [2.05, 4.69) is 10.00 Å². The highest BCUT2D eigenvalue weighted by Crippen LogP contribution is 2.35. The quantitative estimate of drug-likeness (QED) is 0.930. The van der Waals surface area contributed by atoms with E-state index in [4.69, 9.17) is 5.73 Å². The predicted molar refractivity (Wildman–Crippen MR) is 82.9 cm³/mol. The smallest absolute Gasteiger partial charge is 0.276 e. The monoisotopic (exact) mass is 290 g/mol. The van der Waals surface area contributed by atoms with Gasteiger partial charge in [-0.25, -0.2) is 0 Å². The van der Waals surface area contributed by atoms with Gasteiger partial charge < -0.3 is 10.6 Å². The molecule has 1 aromatic heterocycles. The maximum atomic E-state index is 12.8. The maximum Gasteiger partial charge on any atom is 0.276 e. The second-order valence-corrected chi connectivity index (χ2v) is 6.39. The van der Waals surface area contributed by atoms with E-state index < -0.39 is 0 Å². The molecule has 5 nitrogen and oxygen atoms in total. The Morgan fingerprint density at radius 2 is 2.05 bits per heavy atom. The minimum Gasteiger partial charge on any atom is -0.396 e. The summed E-state index contributed by atoms with van der Waals surface area (Å²) in [7, 11) is 0. The number of likely N-dealkylation sites (tertiary alicyclic amines) is 1. The van der Waals surface area contributed by atoms with Crippen LogP contribution in [0, 0.1) is 5.92 Å². The lowest BCUT2D eigenvalue weighted by Crippen LogP contribution is -2.41. The van der Waals surface area contributed by atoms with Crippen molar-refractivity contribution in [2.24, 2.45) is 5.92 Å². The van der Waals surface area contributed by atoms with Gasteiger partial charge in [0.15, 0.2) is 5.69 Å². The second-order valence-electron chi connectivity index (χ2n) is 6.39. The van der Waals surface area contributed by atoms with E-state index in [9.17, 15) is 4.79 Å². The molecule has 2 N–H and O–H groups in total. The van der Waals surface area contributed by atoms with E-state index in [1.165, 1.54) is 32.1 Å². The average Bonchev–Trinajstić information content (AvgIpc) is 3.14. The molecule has 1 unspecified atom stereocenters. The fourth-order valence-corrected chi connectivity index (χ4v) is 3.95. The molecule has 1 saturated carbocycles. The minimum absolute atomic E-state index is 0.0350. The number of anilines is 1. The highest BCUT2D eigenvalue weighted by atomic mass is 16.2. The van der Waals surface area contributed by atoms with Crippen LogP contribution in [0.25, 0.3) is 0 Å². The predicted octanol–water partition coefficient (Wildman–Crippen LogP) is 2.67. The summed E-state index contributed by atoms with van der Waals surface area (Å²) in [6, 6.07) is 0.406. The third-order valence-electron chi connectivity index (χ3n) is 5.07. The molecular formula is C16H26N4O. The number of hydrogen-bond donors (Lipinski definition) is 1. The summed E-state index contributed by atoms with van der Waals surface area (Å²) >= 11 is 0. The number of nitrogens with zero attached hydrogens (tertiary/aromatic N) is 3. The Morgan fingerprint density at radius 3 is 2.71 bits per heavy atom. The molecule has 1 amide bonds. The van der Waals surface area contributed by atoms with Crippen molar-refractivity contribution in [3.05, 3.63) is 11.9 Å². The van der Waals surface area contributed by atoms with Crippen LogP contribution in [-0.4, -0.2) is 33.2 Å². The first kappa shape index (κ1) is 14.4. The molecule has 5 heteroatoms. The molecule has 0 bridgehead atoms. The van der Waals surface area contributed by atoms with E-state index in [0.717, 1.165) is 25.9 Å². The summed E-state index contributed by atoms with van der Waals surface area (Å²) in [5, 5.41) is 4.35. The Bertz CT molecular complexity index is 504. The van der Waals surface area contributed by atoms with Crippen LogP contribution >= 0.6 is 0 Å². The van der Waals surface area contributed by atoms with Gasteiger partial charge in [0.25, 0.3) is 5.91 Å². The zero-order valence-corrected chi connectivity index (χ0v) is 12.9. The highest BCUT2D eigenvalue weighted by molar-refractivity contribution is 5.97. The van der Waals surface area contributed by atoms with Gasteiger partial charge in [-0.15, -0.1) is 0 Å². The second kappa shape index (κ2) is 6.08. The number of aryl methyl sites for hydroxylation is 1. The molecule has 0 spiro atoms. The topological polar surface area (TPSA) is 64.2 Å². The van der Waals surface area contributed by atoms with E-state index in [0.29, 0.717) is 23.3 Å². The van der Waals surface area contributed by atoms with Crippen LogP contribution < -0.4 is 5.73 Å². The van der Waals surface area contributed by atoms with Gasteiger partial charge in [0.05, 0.1) is 5.69 Å². The molecule has 2 aliphatic rings. The lowest BCUT2D eigenvalue weighted by atomic mass is 9.83. The summed E-state index contributed by atoms with van der Waals surface area (Å²) in [5.74, 6) is 0.715. The summed E-state index contributed by atoms with van der Waals surface area (Å²) in [4.78, 5) is 14.9. The van der Waals surface area contributed by atoms with E-state index in [1.54, 1.807) is 10.9 Å². The zero-order valence-electron chi connectivity index (χ0n) is 12.9. The van der Waals surface area contributed by atoms with Crippen molar-refractivity contribution in [1.82, 2.24) is 14.7 Å². The average molecular weight is 290 g/mol. The van der Waals surface area contributed by atoms with Crippen LogP contribution in [0.15, 0.2) is 6.20 Å². The standard InChI is InChI=1S/C16H26N4O/c1-2-19-11-13(17)15(18-19)16(21)20-10-6-9-14(20)12-7-4-3-5-8-12/h11-12,14H,2-10,17H2,1H3. The Morgan fingerprint density at radius 1 is 1.29 bits per heavy atom. The lowest BCUT2D eigenvalue weighted by molar-refractivity contribution is 0.0655. The van der Waals surface area contributed by atoms with Crippen LogP contribution in [0.4, 0.5) is 5.69 Å². The summed E-state index contributed by atoms with van der Waals surface area (Å²) in [5.41, 5.74) is 6.93. The van der Waals surface area contributed by atoms with Crippen molar-refractivity contribution in [2.75, 3.05) is 12.3 Å². The van der Waals surface area contributed by atoms with Crippen molar-refractivity contribution >= 4 is 11.6 Å².